The summed E-state index contributed by atoms with van der Waals surface area (Å²) in [6, 6.07) is 6.60. The van der Waals surface area contributed by atoms with Crippen molar-refractivity contribution in [2.45, 2.75) is 0 Å². The Kier molecular flexibility index (Phi) is 2.70. The average molecular weight is 235 g/mol. The molecule has 2 rings (SSSR count). The van der Waals surface area contributed by atoms with Crippen molar-refractivity contribution in [2.75, 3.05) is 7.11 Å². The Bertz CT molecular complexity index is 631. The Morgan fingerprint density at radius 3 is 2.76 bits per heavy atom. The van der Waals surface area contributed by atoms with Crippen LogP contribution in [0.4, 0.5) is 4.79 Å². The van der Waals surface area contributed by atoms with E-state index in [1.807, 2.05) is 0 Å². The topological polar surface area (TPSA) is 88.6 Å². The number of pyridine rings is 1. The first-order chi connectivity index (χ1) is 8.13. The minimum absolute atomic E-state index is 0.381. The Hall–Kier alpha value is -2.50. The molecule has 0 saturated carbocycles. The second-order valence-electron chi connectivity index (χ2n) is 3.23. The maximum Gasteiger partial charge on any atom is 0.513 e. The fourth-order valence-corrected chi connectivity index (χ4v) is 1.43. The van der Waals surface area contributed by atoms with Crippen molar-refractivity contribution >= 4 is 17.1 Å². The molecule has 0 aliphatic rings. The van der Waals surface area contributed by atoms with Gasteiger partial charge in [-0.05, 0) is 12.1 Å². The van der Waals surface area contributed by atoms with Crippen LogP contribution in [0.25, 0.3) is 10.9 Å². The monoisotopic (exact) mass is 235 g/mol. The predicted molar refractivity (Wildman–Crippen MR) is 59.3 cm³/mol. The van der Waals surface area contributed by atoms with Crippen molar-refractivity contribution in [3.63, 3.8) is 0 Å². The van der Waals surface area contributed by atoms with E-state index in [9.17, 15) is 14.7 Å². The summed E-state index contributed by atoms with van der Waals surface area (Å²) < 4.78 is 8.83. The van der Waals surface area contributed by atoms with Crippen molar-refractivity contribution in [1.29, 1.82) is 0 Å². The molecule has 6 heteroatoms. The van der Waals surface area contributed by atoms with Crippen LogP contribution in [0.15, 0.2) is 29.1 Å². The van der Waals surface area contributed by atoms with Gasteiger partial charge in [-0.3, -0.25) is 4.79 Å². The van der Waals surface area contributed by atoms with Gasteiger partial charge < -0.3 is 19.6 Å². The second kappa shape index (κ2) is 4.17. The van der Waals surface area contributed by atoms with Crippen LogP contribution >= 0.6 is 0 Å². The number of hydrogen-bond acceptors (Lipinski definition) is 5. The lowest BCUT2D eigenvalue weighted by Crippen LogP contribution is -2.16. The molecule has 0 radical (unpaired) electrons. The van der Waals surface area contributed by atoms with Crippen LogP contribution in [-0.4, -0.2) is 23.4 Å². The van der Waals surface area contributed by atoms with Gasteiger partial charge in [0.2, 0.25) is 5.75 Å². The highest BCUT2D eigenvalue weighted by molar-refractivity contribution is 5.87. The predicted octanol–water partition coefficient (Wildman–Crippen LogP) is 1.38. The minimum atomic E-state index is -1.07. The summed E-state index contributed by atoms with van der Waals surface area (Å²) in [7, 11) is 1.11. The van der Waals surface area contributed by atoms with Crippen LogP contribution < -0.4 is 10.3 Å². The summed E-state index contributed by atoms with van der Waals surface area (Å²) in [5.41, 5.74) is -0.251. The van der Waals surface area contributed by atoms with E-state index in [4.69, 9.17) is 0 Å². The quantitative estimate of drug-likeness (QED) is 0.729. The molecule has 2 aromatic rings. The third-order valence-electron chi connectivity index (χ3n) is 2.20. The summed E-state index contributed by atoms with van der Waals surface area (Å²) in [5.74, 6) is -0.870. The van der Waals surface area contributed by atoms with Crippen LogP contribution in [-0.2, 0) is 4.74 Å². The molecule has 0 fully saturated rings. The van der Waals surface area contributed by atoms with Crippen LogP contribution in [0.3, 0.4) is 0 Å². The van der Waals surface area contributed by atoms with E-state index in [0.29, 0.717) is 10.9 Å². The standard InChI is InChI=1S/C11H9NO5/c1-16-11(15)17-9-8(13)6-4-2-3-5-7(6)12-10(9)14/h2-5H,1H3,(H2,12,13,14). The first-order valence-electron chi connectivity index (χ1n) is 4.73. The van der Waals surface area contributed by atoms with Crippen LogP contribution in [0, 0.1) is 0 Å². The number of rotatable bonds is 1. The Morgan fingerprint density at radius 2 is 2.06 bits per heavy atom. The fourth-order valence-electron chi connectivity index (χ4n) is 1.43. The Labute approximate surface area is 95.4 Å². The summed E-state index contributed by atoms with van der Waals surface area (Å²) >= 11 is 0. The summed E-state index contributed by atoms with van der Waals surface area (Å²) in [6.07, 6.45) is -1.07. The lowest BCUT2D eigenvalue weighted by molar-refractivity contribution is 0.119. The lowest BCUT2D eigenvalue weighted by atomic mass is 10.2. The number of ether oxygens (including phenoxy) is 2. The molecule has 0 bridgehead atoms. The number of para-hydroxylation sites is 1. The van der Waals surface area contributed by atoms with Gasteiger partial charge in [0.05, 0.1) is 12.6 Å². The van der Waals surface area contributed by atoms with E-state index >= 15 is 0 Å². The molecule has 0 atom stereocenters. The van der Waals surface area contributed by atoms with Crippen molar-refractivity contribution in [3.8, 4) is 11.5 Å². The van der Waals surface area contributed by atoms with Gasteiger partial charge in [-0.2, -0.15) is 0 Å². The highest BCUT2D eigenvalue weighted by atomic mass is 16.7. The van der Waals surface area contributed by atoms with Crippen molar-refractivity contribution in [1.82, 2.24) is 4.98 Å². The molecule has 1 heterocycles. The molecule has 0 saturated heterocycles. The maximum atomic E-state index is 11.6. The number of hydrogen-bond donors (Lipinski definition) is 2. The first-order valence-corrected chi connectivity index (χ1v) is 4.73. The number of carbonyl (C=O) groups is 1. The van der Waals surface area contributed by atoms with E-state index in [1.165, 1.54) is 0 Å². The van der Waals surface area contributed by atoms with Gasteiger partial charge in [-0.15, -0.1) is 0 Å². The fraction of sp³-hybridized carbons (Fsp3) is 0.0909. The van der Waals surface area contributed by atoms with Gasteiger partial charge in [-0.1, -0.05) is 12.1 Å². The molecule has 17 heavy (non-hydrogen) atoms. The normalized spacial score (nSPS) is 10.2. The summed E-state index contributed by atoms with van der Waals surface area (Å²) in [5, 5.41) is 10.2. The zero-order valence-corrected chi connectivity index (χ0v) is 8.89. The zero-order chi connectivity index (χ0) is 12.4. The molecule has 2 N–H and O–H groups in total. The van der Waals surface area contributed by atoms with Crippen LogP contribution in [0.2, 0.25) is 0 Å². The van der Waals surface area contributed by atoms with Crippen molar-refractivity contribution in [2.24, 2.45) is 0 Å². The van der Waals surface area contributed by atoms with E-state index in [2.05, 4.69) is 14.5 Å². The molecule has 6 nitrogen and oxygen atoms in total. The number of aromatic hydroxyl groups is 1. The zero-order valence-electron chi connectivity index (χ0n) is 8.89. The van der Waals surface area contributed by atoms with Crippen LogP contribution in [0.5, 0.6) is 11.5 Å². The summed E-state index contributed by atoms with van der Waals surface area (Å²) in [6.45, 7) is 0. The van der Waals surface area contributed by atoms with Crippen molar-refractivity contribution < 1.29 is 19.4 Å². The smallest absolute Gasteiger partial charge is 0.504 e. The Morgan fingerprint density at radius 1 is 1.35 bits per heavy atom. The third kappa shape index (κ3) is 1.92. The number of aromatic amines is 1. The second-order valence-corrected chi connectivity index (χ2v) is 3.23. The first kappa shape index (κ1) is 11.0. The molecule has 1 aromatic heterocycles. The van der Waals surface area contributed by atoms with E-state index < -0.39 is 23.2 Å². The number of fused-ring (bicyclic) bond motifs is 1. The molecular formula is C11H9NO5. The van der Waals surface area contributed by atoms with E-state index in [1.54, 1.807) is 24.3 Å². The third-order valence-corrected chi connectivity index (χ3v) is 2.20. The SMILES string of the molecule is COC(=O)Oc1c(O)c2ccccc2[nH]c1=O. The van der Waals surface area contributed by atoms with Gasteiger partial charge in [0.25, 0.3) is 5.56 Å². The molecule has 0 unspecified atom stereocenters. The van der Waals surface area contributed by atoms with E-state index in [-0.39, 0.29) is 0 Å². The Balaban J connectivity index is 2.64. The largest absolute Gasteiger partial charge is 0.513 e. The molecule has 0 amide bonds. The molecule has 88 valence electrons. The van der Waals surface area contributed by atoms with Gasteiger partial charge >= 0.3 is 6.16 Å². The van der Waals surface area contributed by atoms with Gasteiger partial charge in [0, 0.05) is 5.39 Å². The number of nitrogens with one attached hydrogen (secondary N) is 1. The van der Waals surface area contributed by atoms with Crippen molar-refractivity contribution in [3.05, 3.63) is 34.6 Å². The average Bonchev–Trinajstić information content (AvgIpc) is 2.34. The number of aromatic nitrogens is 1. The number of H-pyrrole nitrogens is 1. The molecular weight excluding hydrogens is 226 g/mol. The van der Waals surface area contributed by atoms with E-state index in [0.717, 1.165) is 7.11 Å². The van der Waals surface area contributed by atoms with Crippen LogP contribution in [0.1, 0.15) is 0 Å². The lowest BCUT2D eigenvalue weighted by Gasteiger charge is -2.06. The maximum absolute atomic E-state index is 11.6. The molecule has 0 aliphatic carbocycles. The number of methoxy groups -OCH3 is 1. The number of carbonyl (C=O) groups excluding carboxylic acids is 1. The molecule has 0 spiro atoms. The highest BCUT2D eigenvalue weighted by Crippen LogP contribution is 2.29. The number of benzene rings is 1. The van der Waals surface area contributed by atoms with Gasteiger partial charge in [-0.25, -0.2) is 4.79 Å². The van der Waals surface area contributed by atoms with Gasteiger partial charge in [0.1, 0.15) is 0 Å². The minimum Gasteiger partial charge on any atom is -0.504 e. The van der Waals surface area contributed by atoms with Gasteiger partial charge in [0.15, 0.2) is 5.75 Å². The molecule has 1 aromatic carbocycles. The summed E-state index contributed by atoms with van der Waals surface area (Å²) in [4.78, 5) is 25.0. The highest BCUT2D eigenvalue weighted by Gasteiger charge is 2.16. The molecule has 0 aliphatic heterocycles.